The van der Waals surface area contributed by atoms with E-state index in [-0.39, 0.29) is 31.3 Å². The van der Waals surface area contributed by atoms with E-state index in [0.717, 1.165) is 27.3 Å². The summed E-state index contributed by atoms with van der Waals surface area (Å²) in [6, 6.07) is 24.4. The van der Waals surface area contributed by atoms with Crippen molar-refractivity contribution >= 4 is 23.9 Å². The first-order chi connectivity index (χ1) is 29.5. The van der Waals surface area contributed by atoms with Gasteiger partial charge in [-0.15, -0.1) is 0 Å². The van der Waals surface area contributed by atoms with E-state index in [4.69, 9.17) is 0 Å². The maximum atomic E-state index is 14.7. The molecule has 14 heteroatoms. The largest absolute Gasteiger partial charge is 0.465 e. The summed E-state index contributed by atoms with van der Waals surface area (Å²) in [5, 5.41) is 38.9. The van der Waals surface area contributed by atoms with Crippen molar-refractivity contribution in [2.24, 2.45) is 10.8 Å². The van der Waals surface area contributed by atoms with Crippen molar-refractivity contribution < 1.29 is 34.5 Å². The molecule has 5 N–H and O–H groups in total. The molecule has 0 radical (unpaired) electrons. The Labute approximate surface area is 371 Å². The second-order valence-electron chi connectivity index (χ2n) is 19.3. The molecule has 5 amide bonds. The van der Waals surface area contributed by atoms with Crippen LogP contribution >= 0.6 is 0 Å². The van der Waals surface area contributed by atoms with Crippen LogP contribution in [0.25, 0.3) is 11.3 Å². The zero-order valence-electron chi connectivity index (χ0n) is 38.1. The first-order valence-electron chi connectivity index (χ1n) is 21.6. The number of aromatic nitrogens is 2. The molecule has 0 unspecified atom stereocenters. The SMILES string of the molecule is CN(C(=O)O)[C@H](C(=O)N[C@@H](Cc1ccc(-c2ccccn2)cc1)[C@H](O)C[C@H](Cc1ccccc1)NC(=O)[C@@H](N1CCN(Cc2cccc(C(C)(C)O)n2)C1=O)C(C)(C)C)C(C)(C)C. The summed E-state index contributed by atoms with van der Waals surface area (Å²) in [5.41, 5.74) is 1.89. The second-order valence-corrected chi connectivity index (χ2v) is 19.3. The van der Waals surface area contributed by atoms with Crippen LogP contribution in [0, 0.1) is 10.8 Å². The average molecular weight is 864 g/mol. The molecule has 2 aromatic heterocycles. The van der Waals surface area contributed by atoms with Gasteiger partial charge in [0.25, 0.3) is 0 Å². The van der Waals surface area contributed by atoms with E-state index < -0.39 is 58.7 Å². The molecular weight excluding hydrogens is 799 g/mol. The average Bonchev–Trinajstić information content (AvgIpc) is 3.55. The zero-order chi connectivity index (χ0) is 46.3. The minimum atomic E-state index is -1.26. The Bertz CT molecular complexity index is 2170. The van der Waals surface area contributed by atoms with Crippen LogP contribution in [-0.4, -0.2) is 114 Å². The summed E-state index contributed by atoms with van der Waals surface area (Å²) in [4.78, 5) is 68.3. The van der Waals surface area contributed by atoms with Crippen LogP contribution in [0.5, 0.6) is 0 Å². The lowest BCUT2D eigenvalue weighted by molar-refractivity contribution is -0.131. The minimum Gasteiger partial charge on any atom is -0.465 e. The molecule has 1 fully saturated rings. The van der Waals surface area contributed by atoms with E-state index in [1.54, 1.807) is 68.8 Å². The molecule has 2 aromatic carbocycles. The molecule has 5 atom stereocenters. The molecule has 4 aromatic rings. The van der Waals surface area contributed by atoms with Gasteiger partial charge >= 0.3 is 12.1 Å². The number of hydrogen-bond donors (Lipinski definition) is 5. The first kappa shape index (κ1) is 48.2. The highest BCUT2D eigenvalue weighted by molar-refractivity contribution is 5.89. The van der Waals surface area contributed by atoms with Crippen LogP contribution < -0.4 is 10.6 Å². The van der Waals surface area contributed by atoms with E-state index in [0.29, 0.717) is 30.9 Å². The molecule has 338 valence electrons. The lowest BCUT2D eigenvalue weighted by atomic mass is 9.84. The van der Waals surface area contributed by atoms with Gasteiger partial charge < -0.3 is 35.8 Å². The van der Waals surface area contributed by atoms with Crippen LogP contribution in [0.15, 0.2) is 97.2 Å². The predicted octanol–water partition coefficient (Wildman–Crippen LogP) is 6.25. The Morgan fingerprint density at radius 2 is 1.43 bits per heavy atom. The van der Waals surface area contributed by atoms with Gasteiger partial charge in [-0.05, 0) is 79.3 Å². The number of hydrogen-bond acceptors (Lipinski definition) is 8. The Hall–Kier alpha value is -5.86. The van der Waals surface area contributed by atoms with Gasteiger partial charge in [-0.2, -0.15) is 0 Å². The first-order valence-corrected chi connectivity index (χ1v) is 21.6. The number of benzene rings is 2. The number of urea groups is 1. The van der Waals surface area contributed by atoms with Gasteiger partial charge in [-0.3, -0.25) is 24.5 Å². The summed E-state index contributed by atoms with van der Waals surface area (Å²) in [6.45, 7) is 15.3. The Morgan fingerprint density at radius 3 is 2.02 bits per heavy atom. The number of carbonyl (C=O) groups excluding carboxylic acids is 3. The molecule has 1 aliphatic rings. The van der Waals surface area contributed by atoms with Crippen molar-refractivity contribution in [1.29, 1.82) is 0 Å². The van der Waals surface area contributed by atoms with Crippen LogP contribution in [0.2, 0.25) is 0 Å². The highest BCUT2D eigenvalue weighted by atomic mass is 16.4. The smallest absolute Gasteiger partial charge is 0.407 e. The molecule has 63 heavy (non-hydrogen) atoms. The van der Waals surface area contributed by atoms with Crippen molar-refractivity contribution in [2.45, 2.75) is 117 Å². The van der Waals surface area contributed by atoms with Crippen molar-refractivity contribution in [3.63, 3.8) is 0 Å². The number of nitrogens with one attached hydrogen (secondary N) is 2. The van der Waals surface area contributed by atoms with Crippen molar-refractivity contribution in [2.75, 3.05) is 20.1 Å². The number of aliphatic hydroxyl groups is 2. The third kappa shape index (κ3) is 12.9. The molecule has 0 aliphatic carbocycles. The summed E-state index contributed by atoms with van der Waals surface area (Å²) >= 11 is 0. The third-order valence-corrected chi connectivity index (χ3v) is 11.4. The van der Waals surface area contributed by atoms with E-state index in [9.17, 15) is 34.5 Å². The molecular formula is C49H65N7O7. The zero-order valence-corrected chi connectivity index (χ0v) is 38.1. The highest BCUT2D eigenvalue weighted by Crippen LogP contribution is 2.30. The van der Waals surface area contributed by atoms with Crippen molar-refractivity contribution in [3.8, 4) is 11.3 Å². The molecule has 0 saturated carbocycles. The Morgan fingerprint density at radius 1 is 0.778 bits per heavy atom. The van der Waals surface area contributed by atoms with Gasteiger partial charge in [-0.25, -0.2) is 9.59 Å². The fraction of sp³-hybridized carbons (Fsp3) is 0.469. The normalized spacial score (nSPS) is 15.9. The number of pyridine rings is 2. The number of carbonyl (C=O) groups is 4. The fourth-order valence-corrected chi connectivity index (χ4v) is 8.33. The van der Waals surface area contributed by atoms with E-state index >= 15 is 0 Å². The summed E-state index contributed by atoms with van der Waals surface area (Å²) in [5.74, 6) is -0.938. The van der Waals surface area contributed by atoms with Crippen LogP contribution in [0.3, 0.4) is 0 Å². The van der Waals surface area contributed by atoms with Crippen LogP contribution in [0.4, 0.5) is 9.59 Å². The maximum absolute atomic E-state index is 14.7. The van der Waals surface area contributed by atoms with Gasteiger partial charge in [0.1, 0.15) is 17.7 Å². The van der Waals surface area contributed by atoms with E-state index in [2.05, 4.69) is 20.6 Å². The number of nitrogens with zero attached hydrogens (tertiary/aromatic N) is 5. The highest BCUT2D eigenvalue weighted by Gasteiger charge is 2.45. The molecule has 1 saturated heterocycles. The standard InChI is InChI=1S/C49H65N7O7/c1-47(2,3)41(54(9)46(61)62)43(58)53-38(29-33-21-23-34(24-22-33)37-19-13-14-25-50-37)39(57)30-36(28-32-16-11-10-12-17-32)52-44(59)42(48(4,5)6)56-27-26-55(45(56)60)31-35-18-15-20-40(51-35)49(7,8)63/h10-25,36,38-39,41-42,57,63H,26-31H2,1-9H3,(H,52,59)(H,53,58)(H,61,62)/t36-,38-,39+,41+,42+/m0/s1. The quantitative estimate of drug-likeness (QED) is 0.0817. The number of likely N-dealkylation sites (N-methyl/N-ethyl adjacent to an activating group) is 1. The van der Waals surface area contributed by atoms with Gasteiger partial charge in [0, 0.05) is 37.9 Å². The van der Waals surface area contributed by atoms with E-state index in [1.165, 1.54) is 7.05 Å². The Kier molecular flexibility index (Phi) is 15.4. The molecule has 14 nitrogen and oxygen atoms in total. The van der Waals surface area contributed by atoms with Crippen molar-refractivity contribution in [1.82, 2.24) is 35.3 Å². The number of aliphatic hydroxyl groups excluding tert-OH is 1. The lowest BCUT2D eigenvalue weighted by Gasteiger charge is -2.38. The van der Waals surface area contributed by atoms with Gasteiger partial charge in [0.05, 0.1) is 35.8 Å². The fourth-order valence-electron chi connectivity index (χ4n) is 8.33. The van der Waals surface area contributed by atoms with Crippen LogP contribution in [-0.2, 0) is 34.6 Å². The number of amides is 5. The van der Waals surface area contributed by atoms with Crippen molar-refractivity contribution in [3.05, 3.63) is 120 Å². The molecule has 5 rings (SSSR count). The lowest BCUT2D eigenvalue weighted by Crippen LogP contribution is -2.59. The van der Waals surface area contributed by atoms with Crippen LogP contribution in [0.1, 0.15) is 84.3 Å². The monoisotopic (exact) mass is 863 g/mol. The second kappa shape index (κ2) is 20.1. The third-order valence-electron chi connectivity index (χ3n) is 11.4. The number of carboxylic acid groups (broad SMARTS) is 1. The van der Waals surface area contributed by atoms with Gasteiger partial charge in [0.2, 0.25) is 11.8 Å². The Balaban J connectivity index is 1.42. The van der Waals surface area contributed by atoms with Gasteiger partial charge in [-0.1, -0.05) is 108 Å². The molecule has 0 bridgehead atoms. The maximum Gasteiger partial charge on any atom is 0.407 e. The molecule has 3 heterocycles. The topological polar surface area (TPSA) is 189 Å². The minimum absolute atomic E-state index is 0.0205. The summed E-state index contributed by atoms with van der Waals surface area (Å²) < 4.78 is 0. The number of rotatable bonds is 17. The predicted molar refractivity (Wildman–Crippen MR) is 242 cm³/mol. The van der Waals surface area contributed by atoms with Gasteiger partial charge in [0.15, 0.2) is 0 Å². The van der Waals surface area contributed by atoms with E-state index in [1.807, 2.05) is 93.6 Å². The molecule has 1 aliphatic heterocycles. The summed E-state index contributed by atoms with van der Waals surface area (Å²) in [7, 11) is 1.35. The summed E-state index contributed by atoms with van der Waals surface area (Å²) in [6.07, 6.45) is -0.190. The molecule has 0 spiro atoms.